The summed E-state index contributed by atoms with van der Waals surface area (Å²) in [7, 11) is -0.646. The summed E-state index contributed by atoms with van der Waals surface area (Å²) in [6.45, 7) is 1.77. The van der Waals surface area contributed by atoms with Gasteiger partial charge in [0.2, 0.25) is 0 Å². The Hall–Kier alpha value is -1.70. The van der Waals surface area contributed by atoms with Gasteiger partial charge < -0.3 is 14.0 Å². The highest BCUT2D eigenvalue weighted by Gasteiger charge is 2.42. The van der Waals surface area contributed by atoms with Crippen molar-refractivity contribution in [2.45, 2.75) is 50.7 Å². The van der Waals surface area contributed by atoms with Crippen LogP contribution in [-0.2, 0) is 11.3 Å². The van der Waals surface area contributed by atoms with E-state index in [1.807, 2.05) is 4.67 Å². The number of alkyl halides is 3. The van der Waals surface area contributed by atoms with Crippen molar-refractivity contribution in [3.63, 3.8) is 0 Å². The molecule has 3 unspecified atom stereocenters. The molecule has 2 aliphatic carbocycles. The Kier molecular flexibility index (Phi) is 5.69. The summed E-state index contributed by atoms with van der Waals surface area (Å²) in [5.41, 5.74) is 1.27. The molecule has 0 N–H and O–H groups in total. The molecule has 168 valence electrons. The number of rotatable bonds is 7. The van der Waals surface area contributed by atoms with Gasteiger partial charge in [0.25, 0.3) is 0 Å². The first-order valence-electron chi connectivity index (χ1n) is 10.5. The molecular formula is C21H23F4N2O3P. The fraction of sp³-hybridized carbons (Fsp3) is 0.571. The number of ether oxygens (including phenoxy) is 2. The summed E-state index contributed by atoms with van der Waals surface area (Å²) in [6.07, 6.45) is -1.06. The monoisotopic (exact) mass is 458 g/mol. The Morgan fingerprint density at radius 2 is 1.84 bits per heavy atom. The van der Waals surface area contributed by atoms with Gasteiger partial charge in [-0.15, -0.1) is 13.2 Å². The molecule has 5 rings (SSSR count). The second-order valence-electron chi connectivity index (χ2n) is 8.61. The molecule has 1 aliphatic heterocycles. The Labute approximate surface area is 179 Å². The second-order valence-corrected chi connectivity index (χ2v) is 9.41. The third-order valence-corrected chi connectivity index (χ3v) is 7.03. The molecular weight excluding hydrogens is 435 g/mol. The molecule has 4 atom stereocenters. The molecule has 5 nitrogen and oxygen atoms in total. The Morgan fingerprint density at radius 1 is 1.13 bits per heavy atom. The number of benzene rings is 1. The van der Waals surface area contributed by atoms with Crippen LogP contribution in [-0.4, -0.2) is 35.4 Å². The number of para-hydroxylation sites is 1. The number of halogens is 4. The first kappa shape index (κ1) is 21.2. The van der Waals surface area contributed by atoms with Crippen LogP contribution in [0.25, 0.3) is 11.3 Å². The summed E-state index contributed by atoms with van der Waals surface area (Å²) in [5, 5.41) is 4.11. The molecule has 2 heterocycles. The largest absolute Gasteiger partial charge is 0.573 e. The number of fused-ring (bicyclic) bond motifs is 1. The Balaban J connectivity index is 1.35. The van der Waals surface area contributed by atoms with Crippen LogP contribution in [0.15, 0.2) is 28.8 Å². The Bertz CT molecular complexity index is 920. The number of hydrogen-bond donors (Lipinski definition) is 0. The minimum atomic E-state index is -4.80. The van der Waals surface area contributed by atoms with Crippen molar-refractivity contribution < 1.29 is 31.4 Å². The molecule has 2 saturated carbocycles. The van der Waals surface area contributed by atoms with Crippen molar-refractivity contribution in [1.29, 1.82) is 0 Å². The molecule has 1 aromatic heterocycles. The molecule has 0 spiro atoms. The van der Waals surface area contributed by atoms with Gasteiger partial charge in [-0.1, -0.05) is 17.3 Å². The topological polar surface area (TPSA) is 47.7 Å². The first-order valence-corrected chi connectivity index (χ1v) is 11.3. The van der Waals surface area contributed by atoms with E-state index in [0.717, 1.165) is 38.8 Å². The van der Waals surface area contributed by atoms with E-state index in [0.29, 0.717) is 28.9 Å². The lowest BCUT2D eigenvalue weighted by Gasteiger charge is -2.17. The zero-order valence-corrected chi connectivity index (χ0v) is 17.7. The van der Waals surface area contributed by atoms with Gasteiger partial charge in [-0.25, -0.2) is 4.20 Å². The van der Waals surface area contributed by atoms with E-state index in [4.69, 9.17) is 9.26 Å². The standard InChI is InChI=1S/C21H23F4N2O3P/c22-21(23,24)29-18-4-2-1-3-16(18)19-17(20(30-26-19)12-5-6-12)11-28-15-7-13-9-27(31-25)10-14(13)8-15/h1-4,12-15,31H,5-11H2/t13-,14?,15?/m0/s1. The zero-order chi connectivity index (χ0) is 21.6. The molecule has 10 heteroatoms. The van der Waals surface area contributed by atoms with Gasteiger partial charge in [0.05, 0.1) is 12.7 Å². The van der Waals surface area contributed by atoms with Crippen molar-refractivity contribution in [1.82, 2.24) is 9.83 Å². The summed E-state index contributed by atoms with van der Waals surface area (Å²) in [4.78, 5) is 0. The SMILES string of the molecule is FPN1CC2CC(OCc3c(-c4ccccc4OC(F)(F)F)noc3C3CC3)C[C@H]2C1. The van der Waals surface area contributed by atoms with E-state index in [2.05, 4.69) is 9.89 Å². The minimum absolute atomic E-state index is 0.0524. The van der Waals surface area contributed by atoms with Gasteiger partial charge in [0.1, 0.15) is 26.2 Å². The highest BCUT2D eigenvalue weighted by Crippen LogP contribution is 2.47. The third kappa shape index (κ3) is 4.59. The van der Waals surface area contributed by atoms with Gasteiger partial charge in [-0.3, -0.25) is 4.67 Å². The maximum absolute atomic E-state index is 12.9. The van der Waals surface area contributed by atoms with Crippen LogP contribution in [0.4, 0.5) is 17.4 Å². The van der Waals surface area contributed by atoms with Crippen molar-refractivity contribution in [3.8, 4) is 17.0 Å². The van der Waals surface area contributed by atoms with Crippen molar-refractivity contribution in [2.24, 2.45) is 11.8 Å². The van der Waals surface area contributed by atoms with E-state index in [9.17, 15) is 17.4 Å². The van der Waals surface area contributed by atoms with Gasteiger partial charge in [0.15, 0.2) is 0 Å². The Morgan fingerprint density at radius 3 is 2.48 bits per heavy atom. The second kappa shape index (κ2) is 8.34. The highest BCUT2D eigenvalue weighted by molar-refractivity contribution is 7.28. The minimum Gasteiger partial charge on any atom is -0.405 e. The first-order chi connectivity index (χ1) is 14.9. The van der Waals surface area contributed by atoms with E-state index >= 15 is 0 Å². The smallest absolute Gasteiger partial charge is 0.405 e. The average molecular weight is 458 g/mol. The molecule has 1 saturated heterocycles. The van der Waals surface area contributed by atoms with Crippen LogP contribution in [0.2, 0.25) is 0 Å². The fourth-order valence-electron chi connectivity index (χ4n) is 4.87. The lowest BCUT2D eigenvalue weighted by molar-refractivity contribution is -0.274. The molecule has 1 aromatic carbocycles. The third-order valence-electron chi connectivity index (χ3n) is 6.43. The van der Waals surface area contributed by atoms with Crippen molar-refractivity contribution in [2.75, 3.05) is 13.1 Å². The quantitative estimate of drug-likeness (QED) is 0.386. The summed E-state index contributed by atoms with van der Waals surface area (Å²) >= 11 is 0. The van der Waals surface area contributed by atoms with E-state index in [-0.39, 0.29) is 29.9 Å². The van der Waals surface area contributed by atoms with Crippen LogP contribution in [0.5, 0.6) is 5.75 Å². The zero-order valence-electron chi connectivity index (χ0n) is 16.7. The van der Waals surface area contributed by atoms with Gasteiger partial charge in [-0.05, 0) is 49.7 Å². The van der Waals surface area contributed by atoms with Gasteiger partial charge >= 0.3 is 6.36 Å². The maximum atomic E-state index is 12.9. The molecule has 2 aromatic rings. The van der Waals surface area contributed by atoms with E-state index < -0.39 is 15.4 Å². The van der Waals surface area contributed by atoms with Gasteiger partial charge in [0, 0.05) is 30.1 Å². The van der Waals surface area contributed by atoms with E-state index in [1.54, 1.807) is 12.1 Å². The number of aromatic nitrogens is 1. The molecule has 0 bridgehead atoms. The molecule has 3 aliphatic rings. The predicted octanol–water partition coefficient (Wildman–Crippen LogP) is 5.82. The predicted molar refractivity (Wildman–Crippen MR) is 106 cm³/mol. The summed E-state index contributed by atoms with van der Waals surface area (Å²) < 4.78 is 69.4. The normalized spacial score (nSPS) is 26.8. The average Bonchev–Trinajstić information content (AvgIpc) is 3.19. The van der Waals surface area contributed by atoms with Crippen LogP contribution in [0.1, 0.15) is 42.9 Å². The highest BCUT2D eigenvalue weighted by atomic mass is 31.1. The van der Waals surface area contributed by atoms with Crippen molar-refractivity contribution >= 4 is 9.04 Å². The maximum Gasteiger partial charge on any atom is 0.573 e. The number of hydrogen-bond acceptors (Lipinski definition) is 5. The number of nitrogens with zero attached hydrogens (tertiary/aromatic N) is 2. The van der Waals surface area contributed by atoms with E-state index in [1.165, 1.54) is 12.1 Å². The van der Waals surface area contributed by atoms with Crippen LogP contribution >= 0.6 is 9.04 Å². The van der Waals surface area contributed by atoms with Gasteiger partial charge in [-0.2, -0.15) is 0 Å². The van der Waals surface area contributed by atoms with Crippen LogP contribution < -0.4 is 4.74 Å². The lowest BCUT2D eigenvalue weighted by atomic mass is 10.0. The molecule has 31 heavy (non-hydrogen) atoms. The van der Waals surface area contributed by atoms with Crippen LogP contribution in [0, 0.1) is 11.8 Å². The lowest BCUT2D eigenvalue weighted by Crippen LogP contribution is -2.18. The molecule has 3 fully saturated rings. The summed E-state index contributed by atoms with van der Waals surface area (Å²) in [6, 6.07) is 5.95. The molecule has 0 amide bonds. The molecule has 0 radical (unpaired) electrons. The summed E-state index contributed by atoms with van der Waals surface area (Å²) in [5.74, 6) is 1.50. The van der Waals surface area contributed by atoms with Crippen molar-refractivity contribution in [3.05, 3.63) is 35.6 Å². The van der Waals surface area contributed by atoms with Crippen LogP contribution in [0.3, 0.4) is 0 Å². The fourth-order valence-corrected chi connectivity index (χ4v) is 5.47.